The molecule has 1 unspecified atom stereocenters. The van der Waals surface area contributed by atoms with Gasteiger partial charge in [-0.1, -0.05) is 24.4 Å². The summed E-state index contributed by atoms with van der Waals surface area (Å²) in [5.41, 5.74) is 0.837. The minimum atomic E-state index is -0.381. The fourth-order valence-corrected chi connectivity index (χ4v) is 3.77. The van der Waals surface area contributed by atoms with Gasteiger partial charge in [0.25, 0.3) is 0 Å². The molecule has 0 bridgehead atoms. The lowest BCUT2D eigenvalue weighted by Crippen LogP contribution is -2.40. The number of hydrogen-bond acceptors (Lipinski definition) is 7. The Morgan fingerprint density at radius 1 is 1.19 bits per heavy atom. The third-order valence-electron chi connectivity index (χ3n) is 5.03. The molecule has 2 aliphatic rings. The summed E-state index contributed by atoms with van der Waals surface area (Å²) >= 11 is 0. The predicted molar refractivity (Wildman–Crippen MR) is 94.8 cm³/mol. The molecule has 26 heavy (non-hydrogen) atoms. The summed E-state index contributed by atoms with van der Waals surface area (Å²) in [6.45, 7) is 3.24. The van der Waals surface area contributed by atoms with Crippen molar-refractivity contribution >= 4 is 0 Å². The number of ether oxygens (including phenoxy) is 2. The van der Waals surface area contributed by atoms with Gasteiger partial charge >= 0.3 is 0 Å². The first-order valence-corrected chi connectivity index (χ1v) is 9.34. The molecule has 1 fully saturated rings. The van der Waals surface area contributed by atoms with E-state index in [4.69, 9.17) is 14.0 Å². The molecular formula is C19H25N3O4. The molecule has 1 aromatic heterocycles. The van der Waals surface area contributed by atoms with E-state index in [1.807, 2.05) is 25.1 Å². The Bertz CT molecular complexity index is 740. The van der Waals surface area contributed by atoms with Gasteiger partial charge in [0, 0.05) is 18.2 Å². The quantitative estimate of drug-likeness (QED) is 0.849. The Hall–Kier alpha value is -2.12. The van der Waals surface area contributed by atoms with Crippen LogP contribution in [0.1, 0.15) is 44.9 Å². The standard InChI is InChI=1S/C19H25N3O4/c1-13(23)10-22(15-5-3-2-4-6-15)11-18-20-19(21-26-18)14-7-8-16-17(9-14)25-12-24-16/h7-9,13,15,23H,2-6,10-12H2,1H3. The maximum Gasteiger partial charge on any atom is 0.241 e. The van der Waals surface area contributed by atoms with Crippen molar-refractivity contribution in [2.75, 3.05) is 13.3 Å². The molecule has 0 radical (unpaired) electrons. The summed E-state index contributed by atoms with van der Waals surface area (Å²) in [6.07, 6.45) is 5.73. The van der Waals surface area contributed by atoms with Gasteiger partial charge < -0.3 is 19.1 Å². The van der Waals surface area contributed by atoms with Gasteiger partial charge in [-0.25, -0.2) is 0 Å². The van der Waals surface area contributed by atoms with E-state index in [1.54, 1.807) is 0 Å². The highest BCUT2D eigenvalue weighted by Gasteiger charge is 2.24. The summed E-state index contributed by atoms with van der Waals surface area (Å²) < 4.78 is 16.2. The SMILES string of the molecule is CC(O)CN(Cc1nc(-c2ccc3c(c2)OCO3)no1)C1CCCCC1. The van der Waals surface area contributed by atoms with Crippen molar-refractivity contribution in [1.82, 2.24) is 15.0 Å². The second-order valence-electron chi connectivity index (χ2n) is 7.15. The van der Waals surface area contributed by atoms with Crippen LogP contribution in [0.5, 0.6) is 11.5 Å². The molecule has 1 atom stereocenters. The van der Waals surface area contributed by atoms with Gasteiger partial charge in [-0.3, -0.25) is 4.90 Å². The zero-order valence-corrected chi connectivity index (χ0v) is 15.1. The number of benzene rings is 1. The molecule has 4 rings (SSSR count). The smallest absolute Gasteiger partial charge is 0.241 e. The van der Waals surface area contributed by atoms with Crippen LogP contribution >= 0.6 is 0 Å². The lowest BCUT2D eigenvalue weighted by atomic mass is 9.94. The van der Waals surface area contributed by atoms with Gasteiger partial charge in [-0.05, 0) is 38.0 Å². The molecule has 0 saturated heterocycles. The van der Waals surface area contributed by atoms with E-state index in [9.17, 15) is 5.11 Å². The van der Waals surface area contributed by atoms with Crippen LogP contribution in [-0.2, 0) is 6.54 Å². The van der Waals surface area contributed by atoms with Crippen molar-refractivity contribution in [3.8, 4) is 22.9 Å². The van der Waals surface area contributed by atoms with Gasteiger partial charge in [-0.15, -0.1) is 0 Å². The van der Waals surface area contributed by atoms with Crippen molar-refractivity contribution in [3.05, 3.63) is 24.1 Å². The molecule has 2 aromatic rings. The van der Waals surface area contributed by atoms with Crippen LogP contribution in [0.3, 0.4) is 0 Å². The first kappa shape index (κ1) is 17.3. The van der Waals surface area contributed by atoms with Gasteiger partial charge in [0.15, 0.2) is 11.5 Å². The maximum atomic E-state index is 9.87. The maximum absolute atomic E-state index is 9.87. The lowest BCUT2D eigenvalue weighted by molar-refractivity contribution is 0.0689. The van der Waals surface area contributed by atoms with E-state index < -0.39 is 0 Å². The van der Waals surface area contributed by atoms with Crippen LogP contribution in [0, 0.1) is 0 Å². The molecule has 0 amide bonds. The van der Waals surface area contributed by atoms with Crippen LogP contribution in [0.15, 0.2) is 22.7 Å². The molecule has 1 aliphatic carbocycles. The summed E-state index contributed by atoms with van der Waals surface area (Å²) in [7, 11) is 0. The topological polar surface area (TPSA) is 80.9 Å². The molecule has 7 heteroatoms. The lowest BCUT2D eigenvalue weighted by Gasteiger charge is -2.34. The average Bonchev–Trinajstić information content (AvgIpc) is 3.30. The van der Waals surface area contributed by atoms with Crippen LogP contribution < -0.4 is 9.47 Å². The monoisotopic (exact) mass is 359 g/mol. The zero-order valence-electron chi connectivity index (χ0n) is 15.1. The molecule has 140 valence electrons. The molecule has 1 aromatic carbocycles. The molecule has 7 nitrogen and oxygen atoms in total. The number of aliphatic hydroxyl groups excluding tert-OH is 1. The highest BCUT2D eigenvalue weighted by atomic mass is 16.7. The Balaban J connectivity index is 1.49. The van der Waals surface area contributed by atoms with E-state index in [0.717, 1.165) is 24.2 Å². The fraction of sp³-hybridized carbons (Fsp3) is 0.579. The molecule has 1 N–H and O–H groups in total. The minimum Gasteiger partial charge on any atom is -0.454 e. The minimum absolute atomic E-state index is 0.242. The third-order valence-corrected chi connectivity index (χ3v) is 5.03. The normalized spacial score (nSPS) is 18.4. The highest BCUT2D eigenvalue weighted by Crippen LogP contribution is 2.35. The van der Waals surface area contributed by atoms with Crippen molar-refractivity contribution in [3.63, 3.8) is 0 Å². The molecule has 2 heterocycles. The molecule has 0 spiro atoms. The summed E-state index contributed by atoms with van der Waals surface area (Å²) in [4.78, 5) is 6.83. The number of rotatable bonds is 6. The van der Waals surface area contributed by atoms with Gasteiger partial charge in [0.05, 0.1) is 12.6 Å². The van der Waals surface area contributed by atoms with Crippen LogP contribution in [-0.4, -0.2) is 45.6 Å². The van der Waals surface area contributed by atoms with Gasteiger partial charge in [-0.2, -0.15) is 4.98 Å². The Morgan fingerprint density at radius 2 is 2.00 bits per heavy atom. The number of aromatic nitrogens is 2. The largest absolute Gasteiger partial charge is 0.454 e. The summed E-state index contributed by atoms with van der Waals surface area (Å²) in [6, 6.07) is 6.09. The van der Waals surface area contributed by atoms with E-state index in [0.29, 0.717) is 36.6 Å². The average molecular weight is 359 g/mol. The molecular weight excluding hydrogens is 334 g/mol. The number of hydrogen-bond donors (Lipinski definition) is 1. The third kappa shape index (κ3) is 3.83. The van der Waals surface area contributed by atoms with E-state index in [2.05, 4.69) is 15.0 Å². The number of nitrogens with zero attached hydrogens (tertiary/aromatic N) is 3. The van der Waals surface area contributed by atoms with E-state index >= 15 is 0 Å². The van der Waals surface area contributed by atoms with Crippen molar-refractivity contribution < 1.29 is 19.1 Å². The van der Waals surface area contributed by atoms with Crippen molar-refractivity contribution in [2.24, 2.45) is 0 Å². The number of fused-ring (bicyclic) bond motifs is 1. The Kier molecular flexibility index (Phi) is 5.08. The molecule has 1 aliphatic heterocycles. The first-order valence-electron chi connectivity index (χ1n) is 9.34. The second-order valence-corrected chi connectivity index (χ2v) is 7.15. The van der Waals surface area contributed by atoms with E-state index in [1.165, 1.54) is 19.3 Å². The number of aliphatic hydroxyl groups is 1. The van der Waals surface area contributed by atoms with Gasteiger partial charge in [0.2, 0.25) is 18.5 Å². The fourth-order valence-electron chi connectivity index (χ4n) is 3.77. The summed E-state index contributed by atoms with van der Waals surface area (Å²) in [5, 5.41) is 14.0. The van der Waals surface area contributed by atoms with Crippen LogP contribution in [0.2, 0.25) is 0 Å². The highest BCUT2D eigenvalue weighted by molar-refractivity contribution is 5.61. The van der Waals surface area contributed by atoms with E-state index in [-0.39, 0.29) is 12.9 Å². The first-order chi connectivity index (χ1) is 12.7. The van der Waals surface area contributed by atoms with Crippen molar-refractivity contribution in [2.45, 2.75) is 57.7 Å². The van der Waals surface area contributed by atoms with Crippen LogP contribution in [0.25, 0.3) is 11.4 Å². The molecule has 1 saturated carbocycles. The second kappa shape index (κ2) is 7.63. The van der Waals surface area contributed by atoms with Crippen molar-refractivity contribution in [1.29, 1.82) is 0 Å². The Morgan fingerprint density at radius 3 is 2.81 bits per heavy atom. The summed E-state index contributed by atoms with van der Waals surface area (Å²) in [5.74, 6) is 2.55. The predicted octanol–water partition coefficient (Wildman–Crippen LogP) is 2.98. The van der Waals surface area contributed by atoms with Gasteiger partial charge in [0.1, 0.15) is 0 Å². The van der Waals surface area contributed by atoms with Crippen LogP contribution in [0.4, 0.5) is 0 Å². The zero-order chi connectivity index (χ0) is 17.9. The Labute approximate surface area is 152 Å².